The van der Waals surface area contributed by atoms with Crippen LogP contribution in [0.15, 0.2) is 48.5 Å². The predicted octanol–water partition coefficient (Wildman–Crippen LogP) is 5.76. The van der Waals surface area contributed by atoms with Crippen LogP contribution in [-0.2, 0) is 4.79 Å². The molecule has 4 rings (SSSR count). The van der Waals surface area contributed by atoms with E-state index in [9.17, 15) is 18.0 Å². The van der Waals surface area contributed by atoms with Gasteiger partial charge in [-0.1, -0.05) is 19.1 Å². The molecular formula is C25H28F3NO3. The molecule has 2 fully saturated rings. The lowest BCUT2D eigenvalue weighted by Gasteiger charge is -2.40. The van der Waals surface area contributed by atoms with Gasteiger partial charge >= 0.3 is 6.18 Å². The summed E-state index contributed by atoms with van der Waals surface area (Å²) in [5.41, 5.74) is -0.133. The third-order valence-electron chi connectivity index (χ3n) is 6.43. The summed E-state index contributed by atoms with van der Waals surface area (Å²) in [6.07, 6.45) is -4.62. The highest BCUT2D eigenvalue weighted by Gasteiger charge is 2.67. The van der Waals surface area contributed by atoms with Crippen LogP contribution in [0.4, 0.5) is 18.9 Å². The van der Waals surface area contributed by atoms with Crippen molar-refractivity contribution in [2.75, 3.05) is 24.6 Å². The van der Waals surface area contributed by atoms with E-state index < -0.39 is 17.4 Å². The Balaban J connectivity index is 1.26. The van der Waals surface area contributed by atoms with Gasteiger partial charge in [-0.25, -0.2) is 0 Å². The van der Waals surface area contributed by atoms with E-state index in [1.165, 1.54) is 0 Å². The highest BCUT2D eigenvalue weighted by atomic mass is 19.4. The van der Waals surface area contributed by atoms with Crippen LogP contribution in [0.5, 0.6) is 11.5 Å². The molecule has 32 heavy (non-hydrogen) atoms. The Hall–Kier alpha value is -2.70. The van der Waals surface area contributed by atoms with Crippen molar-refractivity contribution < 1.29 is 27.4 Å². The summed E-state index contributed by atoms with van der Waals surface area (Å²) in [5, 5.41) is 0. The molecule has 0 unspecified atom stereocenters. The van der Waals surface area contributed by atoms with Crippen molar-refractivity contribution in [3.63, 3.8) is 0 Å². The summed E-state index contributed by atoms with van der Waals surface area (Å²) >= 11 is 0. The number of alkyl halides is 3. The molecule has 1 aliphatic carbocycles. The Morgan fingerprint density at radius 1 is 1.06 bits per heavy atom. The third kappa shape index (κ3) is 4.57. The van der Waals surface area contributed by atoms with Crippen LogP contribution in [0.1, 0.15) is 44.6 Å². The van der Waals surface area contributed by atoms with Crippen molar-refractivity contribution in [3.05, 3.63) is 54.1 Å². The molecule has 1 saturated heterocycles. The van der Waals surface area contributed by atoms with E-state index in [1.54, 1.807) is 6.92 Å². The number of hydrogen-bond acceptors (Lipinski definition) is 4. The van der Waals surface area contributed by atoms with Crippen molar-refractivity contribution in [1.29, 1.82) is 0 Å². The second kappa shape index (κ2) is 8.68. The summed E-state index contributed by atoms with van der Waals surface area (Å²) in [6, 6.07) is 15.3. The highest BCUT2D eigenvalue weighted by molar-refractivity contribution is 5.88. The number of ketones is 1. The number of ether oxygens (including phenoxy) is 2. The molecule has 1 heterocycles. The molecule has 1 aliphatic heterocycles. The molecule has 2 aliphatic rings. The smallest absolute Gasteiger partial charge is 0.401 e. The number of hydrogen-bond donors (Lipinski definition) is 0. The molecular weight excluding hydrogens is 419 g/mol. The standard InChI is InChI=1S/C25H28F3NO3/c1-3-31-20-10-6-19(7-11-20)29-15-22(16-29)32-21-8-4-18(5-9-21)17(2)14-23(30)24(12-13-24)25(26,27)28/h4-11,17,22H,3,12-16H2,1-2H3/t17-/m1/s1. The number of nitrogens with zero attached hydrogens (tertiary/aromatic N) is 1. The maximum atomic E-state index is 13.2. The maximum absolute atomic E-state index is 13.2. The number of halogens is 3. The largest absolute Gasteiger partial charge is 0.494 e. The van der Waals surface area contributed by atoms with Gasteiger partial charge in [-0.3, -0.25) is 4.79 Å². The third-order valence-corrected chi connectivity index (χ3v) is 6.43. The number of anilines is 1. The normalized spacial score (nSPS) is 18.6. The monoisotopic (exact) mass is 447 g/mol. The average Bonchev–Trinajstić information content (AvgIpc) is 3.54. The Morgan fingerprint density at radius 3 is 2.19 bits per heavy atom. The summed E-state index contributed by atoms with van der Waals surface area (Å²) in [4.78, 5) is 14.5. The van der Waals surface area contributed by atoms with Crippen LogP contribution in [0.25, 0.3) is 0 Å². The maximum Gasteiger partial charge on any atom is 0.401 e. The second-order valence-corrected chi connectivity index (χ2v) is 8.75. The zero-order valence-electron chi connectivity index (χ0n) is 18.3. The Labute approximate surface area is 186 Å². The molecule has 0 spiro atoms. The first-order chi connectivity index (χ1) is 15.2. The van der Waals surface area contributed by atoms with Crippen LogP contribution >= 0.6 is 0 Å². The van der Waals surface area contributed by atoms with Crippen LogP contribution in [0.3, 0.4) is 0 Å². The van der Waals surface area contributed by atoms with Crippen molar-refractivity contribution in [2.45, 2.75) is 51.3 Å². The first kappa shape index (κ1) is 22.5. The van der Waals surface area contributed by atoms with Gasteiger partial charge in [0.1, 0.15) is 28.8 Å². The van der Waals surface area contributed by atoms with E-state index in [2.05, 4.69) is 4.90 Å². The van der Waals surface area contributed by atoms with E-state index in [4.69, 9.17) is 9.47 Å². The van der Waals surface area contributed by atoms with Crippen LogP contribution < -0.4 is 14.4 Å². The molecule has 0 aromatic heterocycles. The van der Waals surface area contributed by atoms with E-state index in [-0.39, 0.29) is 31.3 Å². The molecule has 7 heteroatoms. The summed E-state index contributed by atoms with van der Waals surface area (Å²) in [5.74, 6) is 0.612. The van der Waals surface area contributed by atoms with Gasteiger partial charge < -0.3 is 14.4 Å². The van der Waals surface area contributed by atoms with Gasteiger partial charge in [0.25, 0.3) is 0 Å². The van der Waals surface area contributed by atoms with Crippen molar-refractivity contribution in [2.24, 2.45) is 5.41 Å². The van der Waals surface area contributed by atoms with Gasteiger partial charge in [-0.15, -0.1) is 0 Å². The minimum absolute atomic E-state index is 0.0768. The van der Waals surface area contributed by atoms with Crippen molar-refractivity contribution in [1.82, 2.24) is 0 Å². The SMILES string of the molecule is CCOc1ccc(N2CC(Oc3ccc([C@H](C)CC(=O)C4(C(F)(F)F)CC4)cc3)C2)cc1. The van der Waals surface area contributed by atoms with Gasteiger partial charge in [-0.2, -0.15) is 13.2 Å². The summed E-state index contributed by atoms with van der Waals surface area (Å²) in [7, 11) is 0. The molecule has 0 N–H and O–H groups in total. The van der Waals surface area contributed by atoms with Crippen molar-refractivity contribution in [3.8, 4) is 11.5 Å². The van der Waals surface area contributed by atoms with Crippen molar-refractivity contribution >= 4 is 11.5 Å². The first-order valence-electron chi connectivity index (χ1n) is 11.1. The molecule has 0 bridgehead atoms. The molecule has 0 amide bonds. The van der Waals surface area contributed by atoms with Crippen LogP contribution in [0, 0.1) is 5.41 Å². The van der Waals surface area contributed by atoms with Crippen LogP contribution in [0.2, 0.25) is 0 Å². The number of carbonyl (C=O) groups is 1. The molecule has 1 atom stereocenters. The molecule has 0 radical (unpaired) electrons. The lowest BCUT2D eigenvalue weighted by Crippen LogP contribution is -2.54. The first-order valence-corrected chi connectivity index (χ1v) is 11.1. The van der Waals surface area contributed by atoms with E-state index in [0.29, 0.717) is 6.61 Å². The lowest BCUT2D eigenvalue weighted by molar-refractivity contribution is -0.191. The van der Waals surface area contributed by atoms with Gasteiger partial charge in [0, 0.05) is 12.1 Å². The molecule has 1 saturated carbocycles. The van der Waals surface area contributed by atoms with E-state index in [1.807, 2.05) is 55.5 Å². The van der Waals surface area contributed by atoms with Gasteiger partial charge in [-0.05, 0) is 67.6 Å². The molecule has 4 nitrogen and oxygen atoms in total. The summed E-state index contributed by atoms with van der Waals surface area (Å²) < 4.78 is 50.9. The number of rotatable bonds is 9. The number of carbonyl (C=O) groups excluding carboxylic acids is 1. The number of benzene rings is 2. The highest BCUT2D eigenvalue weighted by Crippen LogP contribution is 2.59. The van der Waals surface area contributed by atoms with Crippen LogP contribution in [-0.4, -0.2) is 37.8 Å². The quantitative estimate of drug-likeness (QED) is 0.490. The summed E-state index contributed by atoms with van der Waals surface area (Å²) in [6.45, 7) is 5.94. The topological polar surface area (TPSA) is 38.8 Å². The fraction of sp³-hybridized carbons (Fsp3) is 0.480. The average molecular weight is 447 g/mol. The molecule has 172 valence electrons. The van der Waals surface area contributed by atoms with E-state index in [0.717, 1.165) is 35.8 Å². The van der Waals surface area contributed by atoms with Gasteiger partial charge in [0.05, 0.1) is 19.7 Å². The second-order valence-electron chi connectivity index (χ2n) is 8.75. The lowest BCUT2D eigenvalue weighted by atomic mass is 9.88. The predicted molar refractivity (Wildman–Crippen MR) is 116 cm³/mol. The Bertz CT molecular complexity index is 930. The van der Waals surface area contributed by atoms with E-state index >= 15 is 0 Å². The zero-order valence-corrected chi connectivity index (χ0v) is 18.3. The zero-order chi connectivity index (χ0) is 22.9. The number of Topliss-reactive ketones (excluding diaryl/α,β-unsaturated/α-hetero) is 1. The minimum Gasteiger partial charge on any atom is -0.494 e. The minimum atomic E-state index is -4.44. The Morgan fingerprint density at radius 2 is 1.66 bits per heavy atom. The molecule has 2 aromatic carbocycles. The fourth-order valence-electron chi connectivity index (χ4n) is 4.15. The Kier molecular flexibility index (Phi) is 6.10. The molecule has 2 aromatic rings. The fourth-order valence-corrected chi connectivity index (χ4v) is 4.15. The van der Waals surface area contributed by atoms with Gasteiger partial charge in [0.2, 0.25) is 0 Å². The van der Waals surface area contributed by atoms with Gasteiger partial charge in [0.15, 0.2) is 0 Å².